The van der Waals surface area contributed by atoms with E-state index in [2.05, 4.69) is 0 Å². The molecule has 80 valence electrons. The van der Waals surface area contributed by atoms with Crippen molar-refractivity contribution >= 4 is 7.60 Å². The van der Waals surface area contributed by atoms with E-state index in [1.807, 2.05) is 13.8 Å². The minimum atomic E-state index is -2.83. The van der Waals surface area contributed by atoms with E-state index >= 15 is 0 Å². The van der Waals surface area contributed by atoms with Gasteiger partial charge in [-0.1, -0.05) is 6.92 Å². The van der Waals surface area contributed by atoms with Crippen molar-refractivity contribution in [2.75, 3.05) is 33.1 Å². The number of hydrogen-bond acceptors (Lipinski definition) is 4. The molecule has 0 aromatic carbocycles. The Hall–Kier alpha value is 0.110. The first-order valence-electron chi connectivity index (χ1n) is 4.55. The summed E-state index contributed by atoms with van der Waals surface area (Å²) in [4.78, 5) is 0. The lowest BCUT2D eigenvalue weighted by Crippen LogP contribution is -2.04. The molecule has 0 rings (SSSR count). The normalized spacial score (nSPS) is 15.6. The number of rotatable bonds is 8. The van der Waals surface area contributed by atoms with Gasteiger partial charge in [-0.25, -0.2) is 0 Å². The van der Waals surface area contributed by atoms with E-state index in [1.54, 1.807) is 7.11 Å². The third kappa shape index (κ3) is 6.22. The molecule has 0 aliphatic heterocycles. The predicted molar refractivity (Wildman–Crippen MR) is 52.2 cm³/mol. The second-order valence-electron chi connectivity index (χ2n) is 2.58. The summed E-state index contributed by atoms with van der Waals surface area (Å²) in [5.41, 5.74) is 0. The Morgan fingerprint density at radius 3 is 2.31 bits per heavy atom. The van der Waals surface area contributed by atoms with Crippen LogP contribution in [-0.2, 0) is 18.3 Å². The Kier molecular flexibility index (Phi) is 7.57. The summed E-state index contributed by atoms with van der Waals surface area (Å²) in [5.74, 6) is 0. The molecule has 0 bridgehead atoms. The summed E-state index contributed by atoms with van der Waals surface area (Å²) >= 11 is 0. The molecule has 1 unspecified atom stereocenters. The molecule has 5 heteroatoms. The molecule has 0 N–H and O–H groups in total. The highest BCUT2D eigenvalue weighted by Gasteiger charge is 2.21. The van der Waals surface area contributed by atoms with Crippen LogP contribution < -0.4 is 0 Å². The monoisotopic (exact) mass is 210 g/mol. The number of hydrogen-bond donors (Lipinski definition) is 0. The van der Waals surface area contributed by atoms with E-state index in [1.165, 1.54) is 0 Å². The van der Waals surface area contributed by atoms with Gasteiger partial charge in [-0.2, -0.15) is 0 Å². The minimum absolute atomic E-state index is 0.327. The maximum Gasteiger partial charge on any atom is 0.330 e. The van der Waals surface area contributed by atoms with Gasteiger partial charge in [0.2, 0.25) is 0 Å². The van der Waals surface area contributed by atoms with Crippen molar-refractivity contribution in [3.63, 3.8) is 0 Å². The molecule has 0 saturated carbocycles. The standard InChI is InChI=1S/C8H19O4P/c1-4-8-13(9,11-5-2)12-7-6-10-3/h4-8H2,1-3H3. The summed E-state index contributed by atoms with van der Waals surface area (Å²) < 4.78 is 26.8. The first kappa shape index (κ1) is 13.1. The molecule has 0 saturated heterocycles. The molecule has 0 aromatic heterocycles. The summed E-state index contributed by atoms with van der Waals surface area (Å²) in [6.45, 7) is 4.95. The van der Waals surface area contributed by atoms with Crippen molar-refractivity contribution in [2.24, 2.45) is 0 Å². The quantitative estimate of drug-likeness (QED) is 0.455. The van der Waals surface area contributed by atoms with Gasteiger partial charge in [0.25, 0.3) is 0 Å². The average Bonchev–Trinajstić information content (AvgIpc) is 2.05. The molecule has 4 nitrogen and oxygen atoms in total. The Labute approximate surface area is 80.1 Å². The molecule has 0 spiro atoms. The van der Waals surface area contributed by atoms with Crippen molar-refractivity contribution in [1.82, 2.24) is 0 Å². The maximum atomic E-state index is 11.8. The van der Waals surface area contributed by atoms with Gasteiger partial charge in [-0.05, 0) is 13.3 Å². The second-order valence-corrected chi connectivity index (χ2v) is 4.76. The van der Waals surface area contributed by atoms with E-state index in [0.717, 1.165) is 6.42 Å². The predicted octanol–water partition coefficient (Wildman–Crippen LogP) is 2.29. The Morgan fingerprint density at radius 1 is 1.15 bits per heavy atom. The SMILES string of the molecule is CCCP(=O)(OCC)OCCOC. The molecule has 0 heterocycles. The zero-order chi connectivity index (χ0) is 10.2. The van der Waals surface area contributed by atoms with E-state index in [4.69, 9.17) is 13.8 Å². The van der Waals surface area contributed by atoms with E-state index in [9.17, 15) is 4.57 Å². The van der Waals surface area contributed by atoms with Gasteiger partial charge in [0, 0.05) is 13.3 Å². The van der Waals surface area contributed by atoms with E-state index < -0.39 is 7.60 Å². The van der Waals surface area contributed by atoms with Crippen LogP contribution in [0.25, 0.3) is 0 Å². The first-order valence-corrected chi connectivity index (χ1v) is 6.28. The smallest absolute Gasteiger partial charge is 0.330 e. The lowest BCUT2D eigenvalue weighted by Gasteiger charge is -2.16. The number of ether oxygens (including phenoxy) is 1. The number of methoxy groups -OCH3 is 1. The van der Waals surface area contributed by atoms with Crippen molar-refractivity contribution in [1.29, 1.82) is 0 Å². The second kappa shape index (κ2) is 7.51. The Morgan fingerprint density at radius 2 is 1.85 bits per heavy atom. The van der Waals surface area contributed by atoms with Gasteiger partial charge < -0.3 is 13.8 Å². The molecular formula is C8H19O4P. The average molecular weight is 210 g/mol. The third-order valence-corrected chi connectivity index (χ3v) is 3.62. The van der Waals surface area contributed by atoms with Crippen LogP contribution in [0.15, 0.2) is 0 Å². The van der Waals surface area contributed by atoms with Crippen molar-refractivity contribution in [3.8, 4) is 0 Å². The Bertz CT molecular complexity index is 150. The van der Waals surface area contributed by atoms with Crippen LogP contribution in [0, 0.1) is 0 Å². The first-order chi connectivity index (χ1) is 6.18. The van der Waals surface area contributed by atoms with Gasteiger partial charge in [0.1, 0.15) is 0 Å². The summed E-state index contributed by atoms with van der Waals surface area (Å²) in [7, 11) is -1.25. The molecule has 13 heavy (non-hydrogen) atoms. The molecule has 0 aliphatic carbocycles. The van der Waals surface area contributed by atoms with Crippen molar-refractivity contribution in [2.45, 2.75) is 20.3 Å². The summed E-state index contributed by atoms with van der Waals surface area (Å²) in [6, 6.07) is 0. The maximum absolute atomic E-state index is 11.8. The molecule has 0 aliphatic rings. The molecule has 0 aromatic rings. The van der Waals surface area contributed by atoms with Gasteiger partial charge in [-0.15, -0.1) is 0 Å². The van der Waals surface area contributed by atoms with Crippen LogP contribution in [0.5, 0.6) is 0 Å². The van der Waals surface area contributed by atoms with Crippen LogP contribution in [0.2, 0.25) is 0 Å². The lowest BCUT2D eigenvalue weighted by molar-refractivity contribution is 0.129. The highest BCUT2D eigenvalue weighted by Crippen LogP contribution is 2.48. The van der Waals surface area contributed by atoms with Crippen molar-refractivity contribution in [3.05, 3.63) is 0 Å². The van der Waals surface area contributed by atoms with Crippen molar-refractivity contribution < 1.29 is 18.3 Å². The highest BCUT2D eigenvalue weighted by atomic mass is 31.2. The fourth-order valence-corrected chi connectivity index (χ4v) is 2.52. The zero-order valence-corrected chi connectivity index (χ0v) is 9.51. The van der Waals surface area contributed by atoms with E-state index in [-0.39, 0.29) is 0 Å². The summed E-state index contributed by atoms with van der Waals surface area (Å²) in [6.07, 6.45) is 1.27. The van der Waals surface area contributed by atoms with Gasteiger partial charge >= 0.3 is 7.60 Å². The Balaban J connectivity index is 3.85. The van der Waals surface area contributed by atoms with Gasteiger partial charge in [-0.3, -0.25) is 4.57 Å². The van der Waals surface area contributed by atoms with E-state index in [0.29, 0.717) is 26.0 Å². The molecule has 0 fully saturated rings. The molecule has 0 amide bonds. The molecule has 0 radical (unpaired) electrons. The fraction of sp³-hybridized carbons (Fsp3) is 1.00. The summed E-state index contributed by atoms with van der Waals surface area (Å²) in [5, 5.41) is 0. The van der Waals surface area contributed by atoms with Crippen LogP contribution in [0.1, 0.15) is 20.3 Å². The lowest BCUT2D eigenvalue weighted by atomic mass is 10.6. The fourth-order valence-electron chi connectivity index (χ4n) is 0.897. The topological polar surface area (TPSA) is 44.8 Å². The highest BCUT2D eigenvalue weighted by molar-refractivity contribution is 7.53. The van der Waals surface area contributed by atoms with Crippen LogP contribution >= 0.6 is 7.60 Å². The third-order valence-electron chi connectivity index (χ3n) is 1.40. The molecular weight excluding hydrogens is 191 g/mol. The van der Waals surface area contributed by atoms with Crippen LogP contribution in [0.4, 0.5) is 0 Å². The molecule has 1 atom stereocenters. The van der Waals surface area contributed by atoms with Crippen LogP contribution in [-0.4, -0.2) is 33.1 Å². The largest absolute Gasteiger partial charge is 0.382 e. The zero-order valence-electron chi connectivity index (χ0n) is 8.62. The van der Waals surface area contributed by atoms with Gasteiger partial charge in [0.15, 0.2) is 0 Å². The van der Waals surface area contributed by atoms with Crippen LogP contribution in [0.3, 0.4) is 0 Å². The minimum Gasteiger partial charge on any atom is -0.382 e. The van der Waals surface area contributed by atoms with Gasteiger partial charge in [0.05, 0.1) is 19.8 Å².